The minimum atomic E-state index is -1.28. The van der Waals surface area contributed by atoms with E-state index in [1.54, 1.807) is 30.3 Å². The Hall–Kier alpha value is -1.69. The molecule has 0 fully saturated rings. The van der Waals surface area contributed by atoms with Crippen LogP contribution in [0.15, 0.2) is 30.3 Å². The van der Waals surface area contributed by atoms with Crippen LogP contribution < -0.4 is 10.4 Å². The van der Waals surface area contributed by atoms with E-state index in [1.807, 2.05) is 0 Å². The lowest BCUT2D eigenvalue weighted by Gasteiger charge is -2.18. The van der Waals surface area contributed by atoms with Gasteiger partial charge in [-0.3, -0.25) is 4.79 Å². The Labute approximate surface area is 85.7 Å². The van der Waals surface area contributed by atoms with Crippen LogP contribution in [0.4, 0.5) is 15.3 Å². The van der Waals surface area contributed by atoms with Crippen molar-refractivity contribution in [2.24, 2.45) is 0 Å². The van der Waals surface area contributed by atoms with Gasteiger partial charge in [0.15, 0.2) is 0 Å². The van der Waals surface area contributed by atoms with Crippen molar-refractivity contribution in [2.45, 2.75) is 0 Å². The molecule has 0 aliphatic rings. The number of hydrazine groups is 1. The lowest BCUT2D eigenvalue weighted by Crippen LogP contribution is -2.43. The summed E-state index contributed by atoms with van der Waals surface area (Å²) in [6, 6.07) is 8.17. The molecule has 0 aliphatic heterocycles. The van der Waals surface area contributed by atoms with Crippen molar-refractivity contribution in [3.63, 3.8) is 0 Å². The highest BCUT2D eigenvalue weighted by molar-refractivity contribution is 7.96. The molecule has 1 aromatic rings. The number of nitrogens with one attached hydrogen (secondary N) is 1. The fourth-order valence-corrected chi connectivity index (χ4v) is 0.996. The largest absolute Gasteiger partial charge is 0.463 e. The summed E-state index contributed by atoms with van der Waals surface area (Å²) in [4.78, 5) is 21.3. The third kappa shape index (κ3) is 2.67. The Morgan fingerprint density at radius 3 is 2.29 bits per heavy atom. The van der Waals surface area contributed by atoms with Gasteiger partial charge in [-0.15, -0.1) is 0 Å². The van der Waals surface area contributed by atoms with E-state index in [4.69, 9.17) is 5.11 Å². The van der Waals surface area contributed by atoms with Gasteiger partial charge in [0.05, 0.1) is 5.69 Å². The van der Waals surface area contributed by atoms with E-state index in [0.717, 1.165) is 0 Å². The fourth-order valence-electron chi connectivity index (χ4n) is 0.896. The molecule has 2 amide bonds. The van der Waals surface area contributed by atoms with Crippen LogP contribution in [0.2, 0.25) is 0 Å². The van der Waals surface area contributed by atoms with Crippen molar-refractivity contribution in [2.75, 3.05) is 5.01 Å². The molecule has 2 N–H and O–H groups in total. The lowest BCUT2D eigenvalue weighted by atomic mass is 10.3. The average molecular weight is 212 g/mol. The number of carbonyl (C=O) groups is 2. The Balaban J connectivity index is 2.89. The van der Waals surface area contributed by atoms with Crippen LogP contribution in [0.25, 0.3) is 0 Å². The van der Waals surface area contributed by atoms with E-state index >= 15 is 0 Å². The number of thiol groups is 1. The highest BCUT2D eigenvalue weighted by Crippen LogP contribution is 2.10. The molecule has 0 spiro atoms. The van der Waals surface area contributed by atoms with Crippen molar-refractivity contribution in [1.82, 2.24) is 5.43 Å². The first-order valence-corrected chi connectivity index (χ1v) is 4.13. The predicted molar refractivity (Wildman–Crippen MR) is 54.5 cm³/mol. The molecule has 1 rings (SSSR count). The van der Waals surface area contributed by atoms with Crippen LogP contribution in [0.3, 0.4) is 0 Å². The number of amides is 2. The summed E-state index contributed by atoms with van der Waals surface area (Å²) < 4.78 is 0. The summed E-state index contributed by atoms with van der Waals surface area (Å²) in [6.45, 7) is 0. The number of hydrogen-bond acceptors (Lipinski definition) is 2. The minimum Gasteiger partial charge on any atom is -0.463 e. The number of rotatable bonds is 1. The zero-order valence-corrected chi connectivity index (χ0v) is 7.94. The van der Waals surface area contributed by atoms with Gasteiger partial charge < -0.3 is 5.11 Å². The van der Waals surface area contributed by atoms with Crippen LogP contribution in [0.1, 0.15) is 0 Å². The van der Waals surface area contributed by atoms with E-state index in [-0.39, 0.29) is 0 Å². The first-order chi connectivity index (χ1) is 6.61. The summed E-state index contributed by atoms with van der Waals surface area (Å²) in [5, 5.41) is 8.70. The van der Waals surface area contributed by atoms with Crippen LogP contribution in [-0.2, 0) is 0 Å². The molecule has 0 saturated heterocycles. The Morgan fingerprint density at radius 1 is 1.29 bits per heavy atom. The molecular formula is C8H8N2O3S. The summed E-state index contributed by atoms with van der Waals surface area (Å²) >= 11 is 3.43. The van der Waals surface area contributed by atoms with Crippen molar-refractivity contribution in [1.29, 1.82) is 0 Å². The number of benzene rings is 1. The number of hydrogen-bond donors (Lipinski definition) is 3. The molecule has 0 atom stereocenters. The van der Waals surface area contributed by atoms with Crippen molar-refractivity contribution < 1.29 is 14.7 Å². The first kappa shape index (κ1) is 10.4. The number of anilines is 1. The highest BCUT2D eigenvalue weighted by atomic mass is 32.1. The van der Waals surface area contributed by atoms with Crippen molar-refractivity contribution in [3.8, 4) is 0 Å². The van der Waals surface area contributed by atoms with Gasteiger partial charge in [-0.25, -0.2) is 10.2 Å². The molecule has 0 unspecified atom stereocenters. The van der Waals surface area contributed by atoms with E-state index in [1.165, 1.54) is 0 Å². The summed E-state index contributed by atoms with van der Waals surface area (Å²) in [6.07, 6.45) is -1.28. The molecule has 14 heavy (non-hydrogen) atoms. The molecule has 74 valence electrons. The third-order valence-corrected chi connectivity index (χ3v) is 1.51. The van der Waals surface area contributed by atoms with Crippen LogP contribution >= 0.6 is 12.6 Å². The maximum atomic E-state index is 10.7. The van der Waals surface area contributed by atoms with Gasteiger partial charge in [0.1, 0.15) is 0 Å². The number of nitrogens with zero attached hydrogens (tertiary/aromatic N) is 1. The monoisotopic (exact) mass is 212 g/mol. The average Bonchev–Trinajstić information content (AvgIpc) is 2.15. The second-order valence-corrected chi connectivity index (χ2v) is 2.78. The van der Waals surface area contributed by atoms with Gasteiger partial charge in [0.2, 0.25) is 0 Å². The van der Waals surface area contributed by atoms with E-state index < -0.39 is 11.3 Å². The molecular weight excluding hydrogens is 204 g/mol. The number of carboxylic acid groups (broad SMARTS) is 1. The zero-order chi connectivity index (χ0) is 10.6. The molecule has 0 heterocycles. The van der Waals surface area contributed by atoms with Gasteiger partial charge in [-0.1, -0.05) is 30.8 Å². The Morgan fingerprint density at radius 2 is 1.86 bits per heavy atom. The highest BCUT2D eigenvalue weighted by Gasteiger charge is 2.14. The maximum absolute atomic E-state index is 10.7. The second-order valence-electron chi connectivity index (χ2n) is 2.37. The fraction of sp³-hybridized carbons (Fsp3) is 0. The zero-order valence-electron chi connectivity index (χ0n) is 7.04. The quantitative estimate of drug-likeness (QED) is 0.490. The summed E-state index contributed by atoms with van der Waals surface area (Å²) in [5.74, 6) is 0. The molecule has 1 aromatic carbocycles. The minimum absolute atomic E-state index is 0.349. The maximum Gasteiger partial charge on any atom is 0.431 e. The van der Waals surface area contributed by atoms with E-state index in [0.29, 0.717) is 10.7 Å². The van der Waals surface area contributed by atoms with Crippen molar-refractivity contribution >= 4 is 29.6 Å². The van der Waals surface area contributed by atoms with Crippen LogP contribution in [0.5, 0.6) is 0 Å². The molecule has 0 saturated carbocycles. The van der Waals surface area contributed by atoms with E-state index in [9.17, 15) is 9.59 Å². The smallest absolute Gasteiger partial charge is 0.431 e. The standard InChI is InChI=1S/C8H8N2O3S/c11-7(14)9-10(8(12)13)6-4-2-1-3-5-6/h1-5H,(H,12,13)(H2,9,11,14). The molecule has 0 aromatic heterocycles. The predicted octanol–water partition coefficient (Wildman–Crippen LogP) is 1.73. The summed E-state index contributed by atoms with van der Waals surface area (Å²) in [7, 11) is 0. The van der Waals surface area contributed by atoms with Gasteiger partial charge in [-0.2, -0.15) is 5.01 Å². The lowest BCUT2D eigenvalue weighted by molar-refractivity contribution is 0.198. The Kier molecular flexibility index (Phi) is 3.35. The van der Waals surface area contributed by atoms with E-state index in [2.05, 4.69) is 18.1 Å². The van der Waals surface area contributed by atoms with Gasteiger partial charge in [-0.05, 0) is 12.1 Å². The Bertz CT molecular complexity index is 342. The van der Waals surface area contributed by atoms with Gasteiger partial charge >= 0.3 is 6.09 Å². The SMILES string of the molecule is O=C(S)NN(C(=O)O)c1ccccc1. The molecule has 5 nitrogen and oxygen atoms in total. The molecule has 6 heteroatoms. The topological polar surface area (TPSA) is 69.6 Å². The molecule has 0 bridgehead atoms. The number of para-hydroxylation sites is 1. The number of carbonyl (C=O) groups excluding carboxylic acids is 1. The third-order valence-electron chi connectivity index (χ3n) is 1.41. The summed E-state index contributed by atoms with van der Waals surface area (Å²) in [5.41, 5.74) is 2.40. The molecule has 0 aliphatic carbocycles. The van der Waals surface area contributed by atoms with Crippen molar-refractivity contribution in [3.05, 3.63) is 30.3 Å². The van der Waals surface area contributed by atoms with Crippen LogP contribution in [-0.4, -0.2) is 16.4 Å². The van der Waals surface area contributed by atoms with Crippen LogP contribution in [0, 0.1) is 0 Å². The van der Waals surface area contributed by atoms with Gasteiger partial charge in [0.25, 0.3) is 5.24 Å². The first-order valence-electron chi connectivity index (χ1n) is 3.69. The van der Waals surface area contributed by atoms with Gasteiger partial charge in [0, 0.05) is 0 Å². The second kappa shape index (κ2) is 4.52. The normalized spacial score (nSPS) is 9.21. The molecule has 0 radical (unpaired) electrons.